The molecule has 5 nitrogen and oxygen atoms in total. The smallest absolute Gasteiger partial charge is 0.237 e. The van der Waals surface area contributed by atoms with E-state index in [0.29, 0.717) is 5.92 Å². The van der Waals surface area contributed by atoms with Gasteiger partial charge in [0.05, 0.1) is 5.25 Å². The van der Waals surface area contributed by atoms with Crippen molar-refractivity contribution in [3.63, 3.8) is 0 Å². The van der Waals surface area contributed by atoms with Crippen LogP contribution in [0.25, 0.3) is 0 Å². The van der Waals surface area contributed by atoms with Gasteiger partial charge in [-0.2, -0.15) is 0 Å². The molecule has 1 N–H and O–H groups in total. The number of hydrogen-bond acceptors (Lipinski definition) is 4. The fraction of sp³-hybridized carbons (Fsp3) is 0.526. The summed E-state index contributed by atoms with van der Waals surface area (Å²) in [7, 11) is 0. The number of amides is 1. The van der Waals surface area contributed by atoms with E-state index in [-0.39, 0.29) is 11.2 Å². The fourth-order valence-electron chi connectivity index (χ4n) is 2.95. The van der Waals surface area contributed by atoms with Crippen LogP contribution < -0.4 is 5.32 Å². The Bertz CT molecular complexity index is 724. The van der Waals surface area contributed by atoms with Gasteiger partial charge in [0.1, 0.15) is 5.82 Å². The first kappa shape index (κ1) is 18.0. The lowest BCUT2D eigenvalue weighted by Gasteiger charge is -2.13. The second-order valence-corrected chi connectivity index (χ2v) is 8.20. The molecule has 25 heavy (non-hydrogen) atoms. The van der Waals surface area contributed by atoms with E-state index in [1.54, 1.807) is 0 Å². The molecule has 0 spiro atoms. The van der Waals surface area contributed by atoms with Crippen molar-refractivity contribution >= 4 is 23.4 Å². The van der Waals surface area contributed by atoms with E-state index in [1.807, 2.05) is 19.1 Å². The van der Waals surface area contributed by atoms with Crippen molar-refractivity contribution < 1.29 is 4.79 Å². The summed E-state index contributed by atoms with van der Waals surface area (Å²) in [6.07, 6.45) is 4.54. The minimum Gasteiger partial charge on any atom is -0.325 e. The molecule has 1 aliphatic heterocycles. The number of anilines is 1. The van der Waals surface area contributed by atoms with Gasteiger partial charge >= 0.3 is 0 Å². The summed E-state index contributed by atoms with van der Waals surface area (Å²) in [5.74, 6) is 1.53. The van der Waals surface area contributed by atoms with Gasteiger partial charge in [0.25, 0.3) is 0 Å². The average molecular weight is 359 g/mol. The monoisotopic (exact) mass is 358 g/mol. The molecule has 134 valence electrons. The van der Waals surface area contributed by atoms with Gasteiger partial charge in [-0.05, 0) is 43.4 Å². The quantitative estimate of drug-likeness (QED) is 0.812. The van der Waals surface area contributed by atoms with Crippen LogP contribution in [-0.2, 0) is 17.8 Å². The Kier molecular flexibility index (Phi) is 5.78. The number of aromatic nitrogens is 3. The second kappa shape index (κ2) is 8.04. The molecule has 0 bridgehead atoms. The standard InChI is InChI=1S/C19H26N4OS/c1-13(2)15-8-10-16(11-9-15)20-18(24)14(3)25-19-22-21-17-7-5-4-6-12-23(17)19/h8-11,13-14H,4-7,12H2,1-3H3,(H,20,24)/t14-/m0/s1. The van der Waals surface area contributed by atoms with Crippen molar-refractivity contribution in [2.45, 2.75) is 69.3 Å². The van der Waals surface area contributed by atoms with Gasteiger partial charge in [0, 0.05) is 18.7 Å². The summed E-state index contributed by atoms with van der Waals surface area (Å²) in [6, 6.07) is 8.06. The summed E-state index contributed by atoms with van der Waals surface area (Å²) in [5, 5.41) is 12.2. The Morgan fingerprint density at radius 1 is 1.12 bits per heavy atom. The van der Waals surface area contributed by atoms with Crippen molar-refractivity contribution in [1.29, 1.82) is 0 Å². The molecule has 0 saturated heterocycles. The van der Waals surface area contributed by atoms with E-state index in [2.05, 4.69) is 46.1 Å². The number of nitrogens with zero attached hydrogens (tertiary/aromatic N) is 3. The highest BCUT2D eigenvalue weighted by Crippen LogP contribution is 2.26. The molecule has 1 aromatic heterocycles. The maximum atomic E-state index is 12.5. The molecule has 2 heterocycles. The zero-order valence-electron chi connectivity index (χ0n) is 15.2. The molecule has 2 aromatic rings. The zero-order chi connectivity index (χ0) is 17.8. The summed E-state index contributed by atoms with van der Waals surface area (Å²) in [6.45, 7) is 7.19. The number of carbonyl (C=O) groups is 1. The van der Waals surface area contributed by atoms with Crippen LogP contribution in [0.3, 0.4) is 0 Å². The molecule has 0 aliphatic carbocycles. The molecule has 0 fully saturated rings. The van der Waals surface area contributed by atoms with Gasteiger partial charge in [0.15, 0.2) is 5.16 Å². The summed E-state index contributed by atoms with van der Waals surface area (Å²) < 4.78 is 2.18. The van der Waals surface area contributed by atoms with Gasteiger partial charge in [-0.25, -0.2) is 0 Å². The maximum absolute atomic E-state index is 12.5. The van der Waals surface area contributed by atoms with Crippen molar-refractivity contribution in [3.8, 4) is 0 Å². The van der Waals surface area contributed by atoms with E-state index in [0.717, 1.165) is 36.1 Å². The summed E-state index contributed by atoms with van der Waals surface area (Å²) in [4.78, 5) is 12.5. The average Bonchev–Trinajstić information content (AvgIpc) is 2.82. The Morgan fingerprint density at radius 3 is 2.60 bits per heavy atom. The van der Waals surface area contributed by atoms with Gasteiger partial charge in [0.2, 0.25) is 5.91 Å². The number of carbonyl (C=O) groups excluding carboxylic acids is 1. The lowest BCUT2D eigenvalue weighted by molar-refractivity contribution is -0.115. The van der Waals surface area contributed by atoms with Crippen LogP contribution in [0.4, 0.5) is 5.69 Å². The molecule has 1 aromatic carbocycles. The Hall–Kier alpha value is -1.82. The van der Waals surface area contributed by atoms with Gasteiger partial charge in [-0.15, -0.1) is 10.2 Å². The first-order valence-corrected chi connectivity index (χ1v) is 9.92. The molecule has 1 amide bonds. The summed E-state index contributed by atoms with van der Waals surface area (Å²) >= 11 is 1.49. The molecule has 0 unspecified atom stereocenters. The van der Waals surface area contributed by atoms with E-state index in [1.165, 1.54) is 30.2 Å². The van der Waals surface area contributed by atoms with E-state index in [4.69, 9.17) is 0 Å². The molecule has 6 heteroatoms. The minimum absolute atomic E-state index is 0.00623. The normalized spacial score (nSPS) is 15.5. The van der Waals surface area contributed by atoms with Crippen LogP contribution in [-0.4, -0.2) is 25.9 Å². The highest BCUT2D eigenvalue weighted by atomic mass is 32.2. The van der Waals surface area contributed by atoms with Gasteiger partial charge in [-0.1, -0.05) is 44.2 Å². The largest absolute Gasteiger partial charge is 0.325 e. The minimum atomic E-state index is -0.221. The van der Waals surface area contributed by atoms with E-state index in [9.17, 15) is 4.79 Å². The Morgan fingerprint density at radius 2 is 1.88 bits per heavy atom. The summed E-state index contributed by atoms with van der Waals surface area (Å²) in [5.41, 5.74) is 2.11. The molecule has 1 atom stereocenters. The third-order valence-electron chi connectivity index (χ3n) is 4.57. The van der Waals surface area contributed by atoms with Crippen LogP contribution in [0.5, 0.6) is 0 Å². The predicted molar refractivity (Wildman–Crippen MR) is 102 cm³/mol. The third kappa shape index (κ3) is 4.42. The number of aryl methyl sites for hydroxylation is 1. The number of thioether (sulfide) groups is 1. The van der Waals surface area contributed by atoms with Crippen LogP contribution in [0.15, 0.2) is 29.4 Å². The maximum Gasteiger partial charge on any atom is 0.237 e. The number of benzene rings is 1. The van der Waals surface area contributed by atoms with E-state index >= 15 is 0 Å². The van der Waals surface area contributed by atoms with Crippen LogP contribution in [0.2, 0.25) is 0 Å². The number of fused-ring (bicyclic) bond motifs is 1. The molecular weight excluding hydrogens is 332 g/mol. The van der Waals surface area contributed by atoms with Crippen LogP contribution in [0.1, 0.15) is 57.3 Å². The molecular formula is C19H26N4OS. The van der Waals surface area contributed by atoms with Crippen LogP contribution >= 0.6 is 11.8 Å². The Balaban J connectivity index is 1.62. The van der Waals surface area contributed by atoms with Crippen molar-refractivity contribution in [2.24, 2.45) is 0 Å². The van der Waals surface area contributed by atoms with Gasteiger partial charge < -0.3 is 9.88 Å². The van der Waals surface area contributed by atoms with Crippen LogP contribution in [0, 0.1) is 0 Å². The molecule has 0 saturated carbocycles. The Labute approximate surface area is 153 Å². The van der Waals surface area contributed by atoms with E-state index < -0.39 is 0 Å². The SMILES string of the molecule is CC(C)c1ccc(NC(=O)[C@H](C)Sc2nnc3n2CCCCC3)cc1. The van der Waals surface area contributed by atoms with Crippen molar-refractivity contribution in [3.05, 3.63) is 35.7 Å². The highest BCUT2D eigenvalue weighted by Gasteiger charge is 2.21. The number of hydrogen-bond donors (Lipinski definition) is 1. The third-order valence-corrected chi connectivity index (χ3v) is 5.65. The lowest BCUT2D eigenvalue weighted by Crippen LogP contribution is -2.23. The van der Waals surface area contributed by atoms with Crippen molar-refractivity contribution in [1.82, 2.24) is 14.8 Å². The molecule has 3 rings (SSSR count). The lowest BCUT2D eigenvalue weighted by atomic mass is 10.0. The first-order chi connectivity index (χ1) is 12.0. The molecule has 1 aliphatic rings. The fourth-order valence-corrected chi connectivity index (χ4v) is 3.85. The van der Waals surface area contributed by atoms with Crippen molar-refractivity contribution in [2.75, 3.05) is 5.32 Å². The first-order valence-electron chi connectivity index (χ1n) is 9.04. The number of nitrogens with one attached hydrogen (secondary N) is 1. The highest BCUT2D eigenvalue weighted by molar-refractivity contribution is 8.00. The predicted octanol–water partition coefficient (Wildman–Crippen LogP) is 4.25. The zero-order valence-corrected chi connectivity index (χ0v) is 16.0. The number of rotatable bonds is 5. The van der Waals surface area contributed by atoms with Gasteiger partial charge in [-0.3, -0.25) is 4.79 Å². The topological polar surface area (TPSA) is 59.8 Å². The second-order valence-electron chi connectivity index (χ2n) is 6.89. The molecule has 0 radical (unpaired) electrons.